The van der Waals surface area contributed by atoms with E-state index in [0.717, 1.165) is 6.66 Å². The Kier molecular flexibility index (Phi) is 3.06. The lowest BCUT2D eigenvalue weighted by molar-refractivity contribution is -0.142. The molecule has 60 valence electrons. The maximum atomic E-state index is 10.7. The number of hydrogen-bond donors (Lipinski definition) is 1. The van der Waals surface area contributed by atoms with Gasteiger partial charge < -0.3 is 9.63 Å². The van der Waals surface area contributed by atoms with Gasteiger partial charge >= 0.3 is 5.97 Å². The first-order valence-corrected chi connectivity index (χ1v) is 4.99. The number of ether oxygens (including phenoxy) is 1. The molecule has 10 heavy (non-hydrogen) atoms. The first-order chi connectivity index (χ1) is 4.34. The fraction of sp³-hybridized carbons (Fsp3) is 0.800. The van der Waals surface area contributed by atoms with Crippen molar-refractivity contribution in [3.8, 4) is 0 Å². The zero-order valence-corrected chi connectivity index (χ0v) is 7.09. The van der Waals surface area contributed by atoms with Gasteiger partial charge in [-0.25, -0.2) is 0 Å². The predicted molar refractivity (Wildman–Crippen MR) is 37.0 cm³/mol. The second kappa shape index (κ2) is 3.17. The maximum absolute atomic E-state index is 10.7. The van der Waals surface area contributed by atoms with Gasteiger partial charge in [0.15, 0.2) is 5.85 Å². The van der Waals surface area contributed by atoms with Crippen LogP contribution in [0.1, 0.15) is 13.8 Å². The molecule has 0 radical (unpaired) electrons. The third kappa shape index (κ3) is 3.64. The quantitative estimate of drug-likeness (QED) is 0.486. The average molecular weight is 166 g/mol. The van der Waals surface area contributed by atoms with E-state index in [1.165, 1.54) is 13.8 Å². The van der Waals surface area contributed by atoms with Crippen LogP contribution in [0.15, 0.2) is 0 Å². The molecule has 2 atom stereocenters. The first-order valence-electron chi connectivity index (χ1n) is 2.81. The van der Waals surface area contributed by atoms with Crippen LogP contribution < -0.4 is 0 Å². The SMILES string of the molecule is CC(=O)OC(C)P(C)(=O)O. The van der Waals surface area contributed by atoms with E-state index in [1.54, 1.807) is 0 Å². The average Bonchev–Trinajstić information content (AvgIpc) is 1.60. The summed E-state index contributed by atoms with van der Waals surface area (Å²) >= 11 is 0. The van der Waals surface area contributed by atoms with Crippen LogP contribution in [-0.2, 0) is 14.1 Å². The minimum absolute atomic E-state index is 0.538. The van der Waals surface area contributed by atoms with Gasteiger partial charge in [-0.05, 0) is 6.92 Å². The molecule has 1 N–H and O–H groups in total. The van der Waals surface area contributed by atoms with Crippen LogP contribution in [0.3, 0.4) is 0 Å². The molecule has 0 aromatic carbocycles. The number of carbonyl (C=O) groups is 1. The summed E-state index contributed by atoms with van der Waals surface area (Å²) in [5.74, 6) is -1.44. The van der Waals surface area contributed by atoms with Gasteiger partial charge in [0.2, 0.25) is 7.37 Å². The highest BCUT2D eigenvalue weighted by Crippen LogP contribution is 2.41. The fourth-order valence-electron chi connectivity index (χ4n) is 0.338. The Morgan fingerprint density at radius 2 is 2.10 bits per heavy atom. The van der Waals surface area contributed by atoms with Gasteiger partial charge in [0.25, 0.3) is 0 Å². The Morgan fingerprint density at radius 3 is 2.20 bits per heavy atom. The van der Waals surface area contributed by atoms with Crippen LogP contribution >= 0.6 is 7.37 Å². The molecule has 0 aromatic rings. The van der Waals surface area contributed by atoms with Crippen molar-refractivity contribution in [2.45, 2.75) is 19.7 Å². The zero-order valence-electron chi connectivity index (χ0n) is 6.20. The molecule has 0 rings (SSSR count). The molecule has 0 aliphatic rings. The highest BCUT2D eigenvalue weighted by molar-refractivity contribution is 7.57. The largest absolute Gasteiger partial charge is 0.452 e. The lowest BCUT2D eigenvalue weighted by atomic mass is 10.8. The van der Waals surface area contributed by atoms with Crippen LogP contribution in [0, 0.1) is 0 Å². The molecule has 0 amide bonds. The van der Waals surface area contributed by atoms with Crippen molar-refractivity contribution < 1.29 is 19.0 Å². The monoisotopic (exact) mass is 166 g/mol. The first kappa shape index (κ1) is 9.66. The van der Waals surface area contributed by atoms with Crippen LogP contribution in [-0.4, -0.2) is 23.4 Å². The molecule has 0 bridgehead atoms. The molecule has 5 heteroatoms. The molecule has 0 heterocycles. The van der Waals surface area contributed by atoms with Crippen molar-refractivity contribution in [2.24, 2.45) is 0 Å². The number of hydrogen-bond acceptors (Lipinski definition) is 3. The van der Waals surface area contributed by atoms with E-state index < -0.39 is 19.2 Å². The minimum atomic E-state index is -3.25. The fourth-order valence-corrected chi connectivity index (χ4v) is 0.682. The number of carbonyl (C=O) groups excluding carboxylic acids is 1. The van der Waals surface area contributed by atoms with E-state index >= 15 is 0 Å². The van der Waals surface area contributed by atoms with Gasteiger partial charge in [0.05, 0.1) is 0 Å². The summed E-state index contributed by atoms with van der Waals surface area (Å²) in [5, 5.41) is 0. The second-order valence-corrected chi connectivity index (χ2v) is 4.77. The van der Waals surface area contributed by atoms with Gasteiger partial charge in [-0.1, -0.05) is 0 Å². The molecule has 4 nitrogen and oxygen atoms in total. The minimum Gasteiger partial charge on any atom is -0.452 e. The van der Waals surface area contributed by atoms with E-state index in [1.807, 2.05) is 0 Å². The highest BCUT2D eigenvalue weighted by Gasteiger charge is 2.22. The normalized spacial score (nSPS) is 19.2. The Balaban J connectivity index is 3.98. The van der Waals surface area contributed by atoms with Crippen molar-refractivity contribution in [3.05, 3.63) is 0 Å². The maximum Gasteiger partial charge on any atom is 0.303 e. The zero-order chi connectivity index (χ0) is 8.36. The van der Waals surface area contributed by atoms with Crippen molar-refractivity contribution in [1.29, 1.82) is 0 Å². The summed E-state index contributed by atoms with van der Waals surface area (Å²) in [6, 6.07) is 0. The van der Waals surface area contributed by atoms with Gasteiger partial charge in [-0.15, -0.1) is 0 Å². The predicted octanol–water partition coefficient (Wildman–Crippen LogP) is 0.796. The third-order valence-corrected chi connectivity index (χ3v) is 2.47. The highest BCUT2D eigenvalue weighted by atomic mass is 31.2. The summed E-state index contributed by atoms with van der Waals surface area (Å²) < 4.78 is 15.2. The van der Waals surface area contributed by atoms with Crippen molar-refractivity contribution in [2.75, 3.05) is 6.66 Å². The molecule has 0 fully saturated rings. The number of esters is 1. The smallest absolute Gasteiger partial charge is 0.303 e. The standard InChI is InChI=1S/C5H11O4P/c1-4(6)9-5(2)10(3,7)8/h5H,1-3H3,(H,7,8). The van der Waals surface area contributed by atoms with Crippen LogP contribution in [0.25, 0.3) is 0 Å². The molecule has 0 spiro atoms. The third-order valence-electron chi connectivity index (χ3n) is 1.01. The summed E-state index contributed by atoms with van der Waals surface area (Å²) in [7, 11) is -3.25. The van der Waals surface area contributed by atoms with Crippen molar-refractivity contribution in [3.63, 3.8) is 0 Å². The summed E-state index contributed by atoms with van der Waals surface area (Å²) in [4.78, 5) is 19.1. The van der Waals surface area contributed by atoms with E-state index in [-0.39, 0.29) is 0 Å². The van der Waals surface area contributed by atoms with Gasteiger partial charge in [0, 0.05) is 13.6 Å². The van der Waals surface area contributed by atoms with Crippen LogP contribution in [0.5, 0.6) is 0 Å². The Labute approximate surface area is 59.6 Å². The van der Waals surface area contributed by atoms with Gasteiger partial charge in [-0.3, -0.25) is 9.36 Å². The Morgan fingerprint density at radius 1 is 1.70 bits per heavy atom. The summed E-state index contributed by atoms with van der Waals surface area (Å²) in [6.45, 7) is 3.74. The summed E-state index contributed by atoms with van der Waals surface area (Å²) in [6.07, 6.45) is 0. The van der Waals surface area contributed by atoms with E-state index in [9.17, 15) is 9.36 Å². The Hall–Kier alpha value is -0.340. The molecule has 2 unspecified atom stereocenters. The molecule has 0 saturated heterocycles. The van der Waals surface area contributed by atoms with Crippen molar-refractivity contribution in [1.82, 2.24) is 0 Å². The topological polar surface area (TPSA) is 63.6 Å². The van der Waals surface area contributed by atoms with Gasteiger partial charge in [-0.2, -0.15) is 0 Å². The lowest BCUT2D eigenvalue weighted by Crippen LogP contribution is -2.11. The lowest BCUT2D eigenvalue weighted by Gasteiger charge is -2.13. The Bertz CT molecular complexity index is 170. The summed E-state index contributed by atoms with van der Waals surface area (Å²) in [5.41, 5.74) is 0. The second-order valence-electron chi connectivity index (χ2n) is 2.15. The number of rotatable bonds is 2. The van der Waals surface area contributed by atoms with Crippen LogP contribution in [0.4, 0.5) is 0 Å². The molecule has 0 aliphatic carbocycles. The van der Waals surface area contributed by atoms with E-state index in [0.29, 0.717) is 0 Å². The molecule has 0 saturated carbocycles. The molecular weight excluding hydrogens is 155 g/mol. The molecule has 0 aliphatic heterocycles. The van der Waals surface area contributed by atoms with E-state index in [2.05, 4.69) is 4.74 Å². The van der Waals surface area contributed by atoms with Gasteiger partial charge in [0.1, 0.15) is 0 Å². The van der Waals surface area contributed by atoms with Crippen molar-refractivity contribution >= 4 is 13.3 Å². The van der Waals surface area contributed by atoms with E-state index in [4.69, 9.17) is 4.89 Å². The molecule has 0 aromatic heterocycles. The molecular formula is C5H11O4P. The van der Waals surface area contributed by atoms with Crippen LogP contribution in [0.2, 0.25) is 0 Å².